The molecule has 3 rings (SSSR count). The minimum absolute atomic E-state index is 0.00419. The number of nitrogens with one attached hydrogen (secondary N) is 2. The highest BCUT2D eigenvalue weighted by molar-refractivity contribution is 7.07. The highest BCUT2D eigenvalue weighted by Crippen LogP contribution is 2.34. The molecule has 0 saturated heterocycles. The predicted octanol–water partition coefficient (Wildman–Crippen LogP) is 2.76. The van der Waals surface area contributed by atoms with E-state index in [1.54, 1.807) is 17.4 Å². The van der Waals surface area contributed by atoms with E-state index in [1.165, 1.54) is 6.07 Å². The van der Waals surface area contributed by atoms with Crippen molar-refractivity contribution in [3.8, 4) is 0 Å². The van der Waals surface area contributed by atoms with Gasteiger partial charge in [-0.3, -0.25) is 14.9 Å². The number of nitro benzene ring substituents is 1. The summed E-state index contributed by atoms with van der Waals surface area (Å²) in [6, 6.07) is 5.05. The summed E-state index contributed by atoms with van der Waals surface area (Å²) in [6.45, 7) is 0.511. The summed E-state index contributed by atoms with van der Waals surface area (Å²) in [4.78, 5) is 22.0. The van der Waals surface area contributed by atoms with Gasteiger partial charge in [0.2, 0.25) is 5.91 Å². The molecule has 0 bridgehead atoms. The molecule has 7 heteroatoms. The van der Waals surface area contributed by atoms with Gasteiger partial charge in [0, 0.05) is 18.3 Å². The quantitative estimate of drug-likeness (QED) is 0.669. The highest BCUT2D eigenvalue weighted by atomic mass is 32.1. The third-order valence-electron chi connectivity index (χ3n) is 3.11. The lowest BCUT2D eigenvalue weighted by Crippen LogP contribution is -2.04. The van der Waals surface area contributed by atoms with Crippen LogP contribution in [0.1, 0.15) is 11.1 Å². The van der Waals surface area contributed by atoms with E-state index in [1.807, 2.05) is 16.8 Å². The van der Waals surface area contributed by atoms with Gasteiger partial charge in [-0.1, -0.05) is 0 Å². The molecule has 0 radical (unpaired) electrons. The molecule has 0 spiro atoms. The Morgan fingerprint density at radius 1 is 1.45 bits per heavy atom. The minimum Gasteiger partial charge on any atom is -0.375 e. The molecule has 1 aromatic heterocycles. The molecule has 0 unspecified atom stereocenters. The first-order valence-electron chi connectivity index (χ1n) is 5.99. The third-order valence-corrected chi connectivity index (χ3v) is 3.84. The summed E-state index contributed by atoms with van der Waals surface area (Å²) in [5.74, 6) is -0.135. The van der Waals surface area contributed by atoms with Gasteiger partial charge in [-0.25, -0.2) is 0 Å². The van der Waals surface area contributed by atoms with E-state index in [0.29, 0.717) is 23.5 Å². The van der Waals surface area contributed by atoms with E-state index >= 15 is 0 Å². The Bertz CT molecular complexity index is 682. The monoisotopic (exact) mass is 289 g/mol. The van der Waals surface area contributed by atoms with Crippen molar-refractivity contribution in [1.82, 2.24) is 0 Å². The fourth-order valence-corrected chi connectivity index (χ4v) is 2.81. The second-order valence-electron chi connectivity index (χ2n) is 4.49. The van der Waals surface area contributed by atoms with E-state index in [-0.39, 0.29) is 18.0 Å². The van der Waals surface area contributed by atoms with Gasteiger partial charge in [0.05, 0.1) is 11.3 Å². The number of fused-ring (bicyclic) bond motifs is 1. The zero-order chi connectivity index (χ0) is 14.1. The van der Waals surface area contributed by atoms with Crippen LogP contribution in [-0.2, 0) is 17.8 Å². The summed E-state index contributed by atoms with van der Waals surface area (Å²) in [7, 11) is 0. The number of anilines is 2. The first kappa shape index (κ1) is 12.6. The van der Waals surface area contributed by atoms with Gasteiger partial charge in [-0.05, 0) is 34.0 Å². The average molecular weight is 289 g/mol. The van der Waals surface area contributed by atoms with E-state index < -0.39 is 4.92 Å². The van der Waals surface area contributed by atoms with Crippen molar-refractivity contribution in [3.63, 3.8) is 0 Å². The summed E-state index contributed by atoms with van der Waals surface area (Å²) in [6.07, 6.45) is 0.195. The maximum atomic E-state index is 11.3. The average Bonchev–Trinajstić information content (AvgIpc) is 3.02. The van der Waals surface area contributed by atoms with Gasteiger partial charge in [0.25, 0.3) is 5.69 Å². The topological polar surface area (TPSA) is 84.3 Å². The zero-order valence-corrected chi connectivity index (χ0v) is 11.2. The second-order valence-corrected chi connectivity index (χ2v) is 5.27. The largest absolute Gasteiger partial charge is 0.375 e. The molecule has 2 aromatic rings. The number of benzene rings is 1. The van der Waals surface area contributed by atoms with Gasteiger partial charge >= 0.3 is 0 Å². The van der Waals surface area contributed by atoms with Crippen LogP contribution in [0.3, 0.4) is 0 Å². The normalized spacial score (nSPS) is 12.9. The molecule has 2 N–H and O–H groups in total. The number of carbonyl (C=O) groups is 1. The maximum Gasteiger partial charge on any atom is 0.292 e. The molecular formula is C13H11N3O3S. The molecular weight excluding hydrogens is 278 g/mol. The molecule has 2 heterocycles. The van der Waals surface area contributed by atoms with E-state index in [4.69, 9.17) is 0 Å². The molecule has 6 nitrogen and oxygen atoms in total. The summed E-state index contributed by atoms with van der Waals surface area (Å²) in [5.41, 5.74) is 2.79. The number of hydrogen-bond donors (Lipinski definition) is 2. The van der Waals surface area contributed by atoms with Crippen LogP contribution in [0.2, 0.25) is 0 Å². The van der Waals surface area contributed by atoms with Crippen molar-refractivity contribution in [3.05, 3.63) is 50.2 Å². The lowest BCUT2D eigenvalue weighted by Gasteiger charge is -2.08. The number of amides is 1. The Morgan fingerprint density at radius 3 is 3.00 bits per heavy atom. The Hall–Kier alpha value is -2.41. The van der Waals surface area contributed by atoms with Crippen LogP contribution in [0, 0.1) is 10.1 Å². The molecule has 20 heavy (non-hydrogen) atoms. The first-order valence-corrected chi connectivity index (χ1v) is 6.94. The molecule has 0 atom stereocenters. The number of nitro groups is 1. The summed E-state index contributed by atoms with van der Waals surface area (Å²) >= 11 is 1.57. The Balaban J connectivity index is 1.90. The van der Waals surface area contributed by atoms with Crippen molar-refractivity contribution >= 4 is 34.3 Å². The van der Waals surface area contributed by atoms with E-state index in [9.17, 15) is 14.9 Å². The Labute approximate surface area is 118 Å². The van der Waals surface area contributed by atoms with E-state index in [2.05, 4.69) is 10.6 Å². The first-order chi connectivity index (χ1) is 9.63. The second kappa shape index (κ2) is 4.93. The molecule has 1 amide bonds. The fourth-order valence-electron chi connectivity index (χ4n) is 2.14. The molecule has 0 saturated carbocycles. The third kappa shape index (κ3) is 2.35. The van der Waals surface area contributed by atoms with Gasteiger partial charge in [0.15, 0.2) is 0 Å². The van der Waals surface area contributed by atoms with Crippen molar-refractivity contribution in [2.24, 2.45) is 0 Å². The Morgan fingerprint density at radius 2 is 2.30 bits per heavy atom. The van der Waals surface area contributed by atoms with Crippen molar-refractivity contribution < 1.29 is 9.72 Å². The minimum atomic E-state index is -0.432. The number of carbonyl (C=O) groups excluding carboxylic acids is 1. The van der Waals surface area contributed by atoms with Crippen LogP contribution in [0.15, 0.2) is 29.0 Å². The van der Waals surface area contributed by atoms with Crippen molar-refractivity contribution in [1.29, 1.82) is 0 Å². The smallest absolute Gasteiger partial charge is 0.292 e. The molecule has 0 fully saturated rings. The zero-order valence-electron chi connectivity index (χ0n) is 10.4. The standard InChI is InChI=1S/C13H11N3O3S/c17-13-4-9-3-12(16(18)19)11(5-10(9)15-13)14-6-8-1-2-20-7-8/h1-3,5,7,14H,4,6H2,(H,15,17). The van der Waals surface area contributed by atoms with Crippen molar-refractivity contribution in [2.45, 2.75) is 13.0 Å². The van der Waals surface area contributed by atoms with E-state index in [0.717, 1.165) is 5.56 Å². The predicted molar refractivity (Wildman–Crippen MR) is 77.1 cm³/mol. The van der Waals surface area contributed by atoms with Crippen LogP contribution < -0.4 is 10.6 Å². The van der Waals surface area contributed by atoms with Crippen LogP contribution in [0.4, 0.5) is 17.1 Å². The molecule has 102 valence electrons. The molecule has 1 aliphatic heterocycles. The lowest BCUT2D eigenvalue weighted by atomic mass is 10.1. The van der Waals surface area contributed by atoms with Crippen LogP contribution in [0.25, 0.3) is 0 Å². The van der Waals surface area contributed by atoms with Gasteiger partial charge in [-0.15, -0.1) is 0 Å². The van der Waals surface area contributed by atoms with Crippen LogP contribution in [-0.4, -0.2) is 10.8 Å². The lowest BCUT2D eigenvalue weighted by molar-refractivity contribution is -0.384. The molecule has 1 aliphatic rings. The number of hydrogen-bond acceptors (Lipinski definition) is 5. The molecule has 0 aliphatic carbocycles. The Kier molecular flexibility index (Phi) is 3.11. The molecule has 1 aromatic carbocycles. The fraction of sp³-hybridized carbons (Fsp3) is 0.154. The number of rotatable bonds is 4. The number of nitrogens with zero attached hydrogens (tertiary/aromatic N) is 1. The SMILES string of the molecule is O=C1Cc2cc([N+](=O)[O-])c(NCc3ccsc3)cc2N1. The maximum absolute atomic E-state index is 11.3. The highest BCUT2D eigenvalue weighted by Gasteiger charge is 2.24. The summed E-state index contributed by atoms with van der Waals surface area (Å²) in [5, 5.41) is 20.8. The van der Waals surface area contributed by atoms with Gasteiger partial charge < -0.3 is 10.6 Å². The van der Waals surface area contributed by atoms with Crippen LogP contribution in [0.5, 0.6) is 0 Å². The number of thiophene rings is 1. The van der Waals surface area contributed by atoms with Gasteiger partial charge in [0.1, 0.15) is 5.69 Å². The van der Waals surface area contributed by atoms with Gasteiger partial charge in [-0.2, -0.15) is 11.3 Å². The van der Waals surface area contributed by atoms with Crippen LogP contribution >= 0.6 is 11.3 Å². The van der Waals surface area contributed by atoms with Crippen molar-refractivity contribution in [2.75, 3.05) is 10.6 Å². The summed E-state index contributed by atoms with van der Waals surface area (Å²) < 4.78 is 0.